The van der Waals surface area contributed by atoms with E-state index in [-0.39, 0.29) is 11.8 Å². The molecule has 0 spiro atoms. The van der Waals surface area contributed by atoms with Crippen molar-refractivity contribution in [1.82, 2.24) is 4.90 Å². The fourth-order valence-corrected chi connectivity index (χ4v) is 2.18. The van der Waals surface area contributed by atoms with Crippen molar-refractivity contribution in [2.75, 3.05) is 20.9 Å². The number of benzene rings is 1. The van der Waals surface area contributed by atoms with Crippen LogP contribution in [0, 0.1) is 0 Å². The van der Waals surface area contributed by atoms with Crippen LogP contribution in [0.15, 0.2) is 18.2 Å². The number of ketones is 1. The van der Waals surface area contributed by atoms with E-state index in [2.05, 4.69) is 4.90 Å². The molecule has 1 unspecified atom stereocenters. The molecular weight excluding hydrogens is 230 g/mol. The average Bonchev–Trinajstić information content (AvgIpc) is 2.75. The van der Waals surface area contributed by atoms with Gasteiger partial charge in [0.15, 0.2) is 11.5 Å². The van der Waals surface area contributed by atoms with Crippen LogP contribution in [-0.4, -0.2) is 31.6 Å². The summed E-state index contributed by atoms with van der Waals surface area (Å²) in [6.07, 6.45) is 1.42. The Morgan fingerprint density at radius 1 is 1.33 bits per heavy atom. The summed E-state index contributed by atoms with van der Waals surface area (Å²) in [5.41, 5.74) is 1.16. The van der Waals surface area contributed by atoms with Gasteiger partial charge >= 0.3 is 0 Å². The Morgan fingerprint density at radius 3 is 2.72 bits per heavy atom. The van der Waals surface area contributed by atoms with Crippen molar-refractivity contribution in [3.8, 4) is 11.5 Å². The van der Waals surface area contributed by atoms with Crippen LogP contribution in [0.5, 0.6) is 11.5 Å². The third kappa shape index (κ3) is 2.82. The third-order valence-corrected chi connectivity index (χ3v) is 3.17. The molecule has 0 aliphatic carbocycles. The van der Waals surface area contributed by atoms with Gasteiger partial charge in [-0.3, -0.25) is 0 Å². The topological polar surface area (TPSA) is 38.8 Å². The number of carbonyl (C=O) groups excluding carboxylic acids is 1. The van der Waals surface area contributed by atoms with Gasteiger partial charge in [-0.2, -0.15) is 0 Å². The van der Waals surface area contributed by atoms with Crippen molar-refractivity contribution in [3.63, 3.8) is 0 Å². The van der Waals surface area contributed by atoms with Crippen LogP contribution in [0.1, 0.15) is 31.4 Å². The molecule has 98 valence electrons. The van der Waals surface area contributed by atoms with E-state index in [1.807, 2.05) is 32.3 Å². The Morgan fingerprint density at radius 2 is 2.06 bits per heavy atom. The minimum Gasteiger partial charge on any atom is -0.454 e. The lowest BCUT2D eigenvalue weighted by Gasteiger charge is -2.24. The van der Waals surface area contributed by atoms with Gasteiger partial charge in [0.2, 0.25) is 6.79 Å². The van der Waals surface area contributed by atoms with E-state index in [1.54, 1.807) is 6.92 Å². The van der Waals surface area contributed by atoms with Crippen LogP contribution >= 0.6 is 0 Å². The second-order valence-electron chi connectivity index (χ2n) is 4.83. The highest BCUT2D eigenvalue weighted by Crippen LogP contribution is 2.36. The predicted octanol–water partition coefficient (Wildman–Crippen LogP) is 2.39. The maximum absolute atomic E-state index is 11.1. The van der Waals surface area contributed by atoms with Crippen molar-refractivity contribution in [2.45, 2.75) is 25.8 Å². The zero-order valence-electron chi connectivity index (χ0n) is 11.1. The quantitative estimate of drug-likeness (QED) is 0.803. The van der Waals surface area contributed by atoms with Crippen molar-refractivity contribution in [1.29, 1.82) is 0 Å². The van der Waals surface area contributed by atoms with Gasteiger partial charge < -0.3 is 19.2 Å². The number of hydrogen-bond donors (Lipinski definition) is 0. The summed E-state index contributed by atoms with van der Waals surface area (Å²) in [5, 5.41) is 0. The highest BCUT2D eigenvalue weighted by molar-refractivity contribution is 5.75. The Labute approximate surface area is 107 Å². The minimum atomic E-state index is 0.225. The monoisotopic (exact) mass is 249 g/mol. The summed E-state index contributed by atoms with van der Waals surface area (Å²) >= 11 is 0. The van der Waals surface area contributed by atoms with Crippen LogP contribution in [0.25, 0.3) is 0 Å². The number of nitrogens with zero attached hydrogens (tertiary/aromatic N) is 1. The molecule has 0 bridgehead atoms. The van der Waals surface area contributed by atoms with Crippen molar-refractivity contribution >= 4 is 5.78 Å². The zero-order valence-corrected chi connectivity index (χ0v) is 11.1. The van der Waals surface area contributed by atoms with Gasteiger partial charge in [0.25, 0.3) is 0 Å². The maximum atomic E-state index is 11.1. The van der Waals surface area contributed by atoms with Crippen LogP contribution in [-0.2, 0) is 4.79 Å². The molecule has 1 atom stereocenters. The van der Waals surface area contributed by atoms with Gasteiger partial charge in [0.05, 0.1) is 0 Å². The molecule has 1 aliphatic heterocycles. The summed E-state index contributed by atoms with van der Waals surface area (Å²) in [6.45, 7) is 1.92. The highest BCUT2D eigenvalue weighted by Gasteiger charge is 2.19. The SMILES string of the molecule is CC(=O)CCC(c1ccc2c(c1)OCO2)N(C)C. The van der Waals surface area contributed by atoms with Crippen LogP contribution in [0.2, 0.25) is 0 Å². The van der Waals surface area contributed by atoms with E-state index in [4.69, 9.17) is 9.47 Å². The first-order valence-electron chi connectivity index (χ1n) is 6.13. The van der Waals surface area contributed by atoms with E-state index in [0.29, 0.717) is 13.2 Å². The lowest BCUT2D eigenvalue weighted by molar-refractivity contribution is -0.117. The third-order valence-electron chi connectivity index (χ3n) is 3.17. The molecule has 0 aromatic heterocycles. The first-order valence-corrected chi connectivity index (χ1v) is 6.13. The van der Waals surface area contributed by atoms with E-state index in [1.165, 1.54) is 0 Å². The number of rotatable bonds is 5. The van der Waals surface area contributed by atoms with E-state index in [0.717, 1.165) is 23.5 Å². The van der Waals surface area contributed by atoms with Gasteiger partial charge in [0.1, 0.15) is 5.78 Å². The first-order chi connectivity index (χ1) is 8.58. The largest absolute Gasteiger partial charge is 0.454 e. The van der Waals surface area contributed by atoms with Gasteiger partial charge in [0, 0.05) is 12.5 Å². The smallest absolute Gasteiger partial charge is 0.231 e. The summed E-state index contributed by atoms with van der Waals surface area (Å²) in [7, 11) is 4.05. The predicted molar refractivity (Wildman–Crippen MR) is 68.9 cm³/mol. The molecular formula is C14H19NO3. The van der Waals surface area contributed by atoms with Crippen LogP contribution in [0.4, 0.5) is 0 Å². The standard InChI is InChI=1S/C14H19NO3/c1-10(16)4-6-12(15(2)3)11-5-7-13-14(8-11)18-9-17-13/h5,7-8,12H,4,6,9H2,1-3H3. The summed E-state index contributed by atoms with van der Waals surface area (Å²) in [6, 6.07) is 6.20. The fraction of sp³-hybridized carbons (Fsp3) is 0.500. The Kier molecular flexibility index (Phi) is 3.87. The van der Waals surface area contributed by atoms with Crippen molar-refractivity contribution in [2.24, 2.45) is 0 Å². The molecule has 0 N–H and O–H groups in total. The van der Waals surface area contributed by atoms with Gasteiger partial charge in [-0.1, -0.05) is 6.07 Å². The molecule has 0 saturated heterocycles. The maximum Gasteiger partial charge on any atom is 0.231 e. The van der Waals surface area contributed by atoms with Gasteiger partial charge in [-0.05, 0) is 45.1 Å². The first kappa shape index (κ1) is 12.9. The molecule has 2 rings (SSSR count). The molecule has 18 heavy (non-hydrogen) atoms. The summed E-state index contributed by atoms with van der Waals surface area (Å²) in [4.78, 5) is 13.3. The van der Waals surface area contributed by atoms with Crippen LogP contribution < -0.4 is 9.47 Å². The number of fused-ring (bicyclic) bond motifs is 1. The molecule has 1 aromatic rings. The minimum absolute atomic E-state index is 0.225. The normalized spacial score (nSPS) is 14.9. The van der Waals surface area contributed by atoms with Gasteiger partial charge in [-0.15, -0.1) is 0 Å². The van der Waals surface area contributed by atoms with Crippen molar-refractivity contribution < 1.29 is 14.3 Å². The number of ether oxygens (including phenoxy) is 2. The highest BCUT2D eigenvalue weighted by atomic mass is 16.7. The summed E-state index contributed by atoms with van der Waals surface area (Å²) < 4.78 is 10.7. The molecule has 0 fully saturated rings. The van der Waals surface area contributed by atoms with Gasteiger partial charge in [-0.25, -0.2) is 0 Å². The summed E-state index contributed by atoms with van der Waals surface area (Å²) in [5.74, 6) is 1.81. The van der Waals surface area contributed by atoms with Crippen molar-refractivity contribution in [3.05, 3.63) is 23.8 Å². The molecule has 1 aromatic carbocycles. The molecule has 0 radical (unpaired) electrons. The van der Waals surface area contributed by atoms with Crippen LogP contribution in [0.3, 0.4) is 0 Å². The number of hydrogen-bond acceptors (Lipinski definition) is 4. The molecule has 1 aliphatic rings. The molecule has 0 amide bonds. The number of Topliss-reactive ketones (excluding diaryl/α,β-unsaturated/α-hetero) is 1. The van der Waals surface area contributed by atoms with E-state index >= 15 is 0 Å². The Hall–Kier alpha value is -1.55. The lowest BCUT2D eigenvalue weighted by Crippen LogP contribution is -2.20. The number of carbonyl (C=O) groups is 1. The molecule has 1 heterocycles. The average molecular weight is 249 g/mol. The Balaban J connectivity index is 2.17. The second-order valence-corrected chi connectivity index (χ2v) is 4.83. The molecule has 4 nitrogen and oxygen atoms in total. The van der Waals surface area contributed by atoms with E-state index < -0.39 is 0 Å². The second kappa shape index (κ2) is 5.40. The van der Waals surface area contributed by atoms with E-state index in [9.17, 15) is 4.79 Å². The lowest BCUT2D eigenvalue weighted by atomic mass is 9.99. The Bertz CT molecular complexity index is 443. The fourth-order valence-electron chi connectivity index (χ4n) is 2.18. The zero-order chi connectivity index (χ0) is 13.1. The molecule has 0 saturated carbocycles. The molecule has 4 heteroatoms.